The van der Waals surface area contributed by atoms with E-state index >= 15 is 0 Å². The van der Waals surface area contributed by atoms with Gasteiger partial charge in [-0.15, -0.1) is 0 Å². The number of hydrogen-bond acceptors (Lipinski definition) is 4. The predicted molar refractivity (Wildman–Crippen MR) is 118 cm³/mol. The fraction of sp³-hybridized carbons (Fsp3) is 0.435. The van der Waals surface area contributed by atoms with Crippen LogP contribution in [-0.4, -0.2) is 62.1 Å². The van der Waals surface area contributed by atoms with Gasteiger partial charge in [-0.2, -0.15) is 0 Å². The summed E-state index contributed by atoms with van der Waals surface area (Å²) in [4.78, 5) is 17.2. The van der Waals surface area contributed by atoms with Crippen molar-refractivity contribution >= 4 is 17.5 Å². The molecule has 156 valence electrons. The van der Waals surface area contributed by atoms with E-state index in [-0.39, 0.29) is 18.6 Å². The van der Waals surface area contributed by atoms with E-state index in [2.05, 4.69) is 29.1 Å². The second-order valence-electron chi connectivity index (χ2n) is 7.75. The highest BCUT2D eigenvalue weighted by Gasteiger charge is 2.24. The summed E-state index contributed by atoms with van der Waals surface area (Å²) >= 11 is 6.06. The summed E-state index contributed by atoms with van der Waals surface area (Å²) in [6.45, 7) is 8.63. The Morgan fingerprint density at radius 1 is 1.07 bits per heavy atom. The number of rotatable bonds is 7. The van der Waals surface area contributed by atoms with Crippen molar-refractivity contribution in [1.82, 2.24) is 15.1 Å². The Bertz CT molecular complexity index is 817. The van der Waals surface area contributed by atoms with Crippen LogP contribution in [0, 0.1) is 13.8 Å². The third-order valence-corrected chi connectivity index (χ3v) is 5.83. The summed E-state index contributed by atoms with van der Waals surface area (Å²) in [6, 6.07) is 13.9. The van der Waals surface area contributed by atoms with Gasteiger partial charge in [0.2, 0.25) is 0 Å². The van der Waals surface area contributed by atoms with Crippen LogP contribution in [0.3, 0.4) is 0 Å². The van der Waals surface area contributed by atoms with Crippen LogP contribution in [0.5, 0.6) is 5.75 Å². The Labute approximate surface area is 178 Å². The monoisotopic (exact) mass is 415 g/mol. The molecule has 29 heavy (non-hydrogen) atoms. The maximum Gasteiger partial charge on any atom is 0.258 e. The lowest BCUT2D eigenvalue weighted by Gasteiger charge is -2.38. The van der Waals surface area contributed by atoms with Crippen molar-refractivity contribution in [2.45, 2.75) is 19.9 Å². The van der Waals surface area contributed by atoms with Crippen LogP contribution in [-0.2, 0) is 4.79 Å². The number of hydrogen-bond donors (Lipinski definition) is 1. The fourth-order valence-corrected chi connectivity index (χ4v) is 3.62. The van der Waals surface area contributed by atoms with Gasteiger partial charge in [-0.05, 0) is 61.9 Å². The minimum absolute atomic E-state index is 0.0125. The normalized spacial score (nSPS) is 16.4. The van der Waals surface area contributed by atoms with Crippen LogP contribution >= 0.6 is 11.6 Å². The molecule has 6 heteroatoms. The molecule has 1 aliphatic heterocycles. The number of nitrogens with zero attached hydrogens (tertiary/aromatic N) is 2. The van der Waals surface area contributed by atoms with Gasteiger partial charge in [-0.1, -0.05) is 29.8 Å². The zero-order valence-corrected chi connectivity index (χ0v) is 18.2. The molecule has 1 saturated heterocycles. The lowest BCUT2D eigenvalue weighted by atomic mass is 10.0. The molecule has 2 aromatic carbocycles. The maximum atomic E-state index is 12.4. The number of benzene rings is 2. The van der Waals surface area contributed by atoms with E-state index in [4.69, 9.17) is 16.3 Å². The minimum atomic E-state index is -0.115. The third-order valence-electron chi connectivity index (χ3n) is 5.57. The number of carbonyl (C=O) groups excluding carboxylic acids is 1. The van der Waals surface area contributed by atoms with Crippen LogP contribution in [0.25, 0.3) is 0 Å². The molecule has 0 radical (unpaired) electrons. The van der Waals surface area contributed by atoms with Crippen LogP contribution in [0.4, 0.5) is 0 Å². The number of halogens is 1. The standard InChI is InChI=1S/C23H30ClN3O2/c1-17-4-9-21(14-18(17)2)29-16-23(28)25-15-22(19-5-7-20(24)8-6-19)27-12-10-26(3)11-13-27/h4-9,14,22H,10-13,15-16H2,1-3H3,(H,25,28). The highest BCUT2D eigenvalue weighted by atomic mass is 35.5. The van der Waals surface area contributed by atoms with E-state index in [9.17, 15) is 4.79 Å². The number of nitrogens with one attached hydrogen (secondary N) is 1. The largest absolute Gasteiger partial charge is 0.484 e. The molecular weight excluding hydrogens is 386 g/mol. The summed E-state index contributed by atoms with van der Waals surface area (Å²) in [6.07, 6.45) is 0. The van der Waals surface area contributed by atoms with E-state index in [1.54, 1.807) is 0 Å². The first-order chi connectivity index (χ1) is 13.9. The van der Waals surface area contributed by atoms with E-state index in [1.807, 2.05) is 49.4 Å². The van der Waals surface area contributed by atoms with Gasteiger partial charge in [0, 0.05) is 37.7 Å². The van der Waals surface area contributed by atoms with Gasteiger partial charge < -0.3 is 15.0 Å². The SMILES string of the molecule is Cc1ccc(OCC(=O)NCC(c2ccc(Cl)cc2)N2CCN(C)CC2)cc1C. The van der Waals surface area contributed by atoms with Gasteiger partial charge in [0.15, 0.2) is 6.61 Å². The average molecular weight is 416 g/mol. The minimum Gasteiger partial charge on any atom is -0.484 e. The average Bonchev–Trinajstić information content (AvgIpc) is 2.71. The number of ether oxygens (including phenoxy) is 1. The molecule has 0 spiro atoms. The Balaban J connectivity index is 1.59. The zero-order chi connectivity index (χ0) is 20.8. The first-order valence-electron chi connectivity index (χ1n) is 10.1. The second kappa shape index (κ2) is 10.1. The summed E-state index contributed by atoms with van der Waals surface area (Å²) in [5, 5.41) is 3.77. The third kappa shape index (κ3) is 6.20. The topological polar surface area (TPSA) is 44.8 Å². The van der Waals surface area contributed by atoms with Crippen molar-refractivity contribution in [3.05, 3.63) is 64.2 Å². The van der Waals surface area contributed by atoms with Crippen molar-refractivity contribution in [3.63, 3.8) is 0 Å². The van der Waals surface area contributed by atoms with Crippen LogP contribution in [0.1, 0.15) is 22.7 Å². The predicted octanol–water partition coefficient (Wildman–Crippen LogP) is 3.44. The molecule has 1 N–H and O–H groups in total. The van der Waals surface area contributed by atoms with Crippen molar-refractivity contribution in [2.75, 3.05) is 46.4 Å². The van der Waals surface area contributed by atoms with Gasteiger partial charge in [-0.25, -0.2) is 0 Å². The molecule has 1 fully saturated rings. The lowest BCUT2D eigenvalue weighted by Crippen LogP contribution is -2.48. The van der Waals surface area contributed by atoms with Crippen molar-refractivity contribution < 1.29 is 9.53 Å². The molecule has 0 aliphatic carbocycles. The molecule has 1 unspecified atom stereocenters. The van der Waals surface area contributed by atoms with Crippen LogP contribution < -0.4 is 10.1 Å². The van der Waals surface area contributed by atoms with Crippen molar-refractivity contribution in [2.24, 2.45) is 0 Å². The van der Waals surface area contributed by atoms with E-state index in [1.165, 1.54) is 5.56 Å². The highest BCUT2D eigenvalue weighted by Crippen LogP contribution is 2.23. The molecule has 0 saturated carbocycles. The van der Waals surface area contributed by atoms with E-state index in [0.29, 0.717) is 6.54 Å². The van der Waals surface area contributed by atoms with Gasteiger partial charge in [-0.3, -0.25) is 9.69 Å². The smallest absolute Gasteiger partial charge is 0.258 e. The summed E-state index contributed by atoms with van der Waals surface area (Å²) in [5.41, 5.74) is 3.52. The Morgan fingerprint density at radius 2 is 1.76 bits per heavy atom. The van der Waals surface area contributed by atoms with E-state index in [0.717, 1.165) is 48.1 Å². The molecule has 3 rings (SSSR count). The number of piperazine rings is 1. The zero-order valence-electron chi connectivity index (χ0n) is 17.5. The molecule has 0 bridgehead atoms. The Hall–Kier alpha value is -2.08. The maximum absolute atomic E-state index is 12.4. The molecule has 1 heterocycles. The van der Waals surface area contributed by atoms with E-state index < -0.39 is 0 Å². The Kier molecular flexibility index (Phi) is 7.53. The fourth-order valence-electron chi connectivity index (χ4n) is 3.49. The molecular formula is C23H30ClN3O2. The summed E-state index contributed by atoms with van der Waals surface area (Å²) in [5.74, 6) is 0.605. The molecule has 2 aromatic rings. The number of aryl methyl sites for hydroxylation is 2. The van der Waals surface area contributed by atoms with Gasteiger partial charge in [0.1, 0.15) is 5.75 Å². The molecule has 0 aromatic heterocycles. The van der Waals surface area contributed by atoms with Gasteiger partial charge >= 0.3 is 0 Å². The first kappa shape index (κ1) is 21.6. The molecule has 1 atom stereocenters. The van der Waals surface area contributed by atoms with Crippen LogP contribution in [0.15, 0.2) is 42.5 Å². The quantitative estimate of drug-likeness (QED) is 0.752. The lowest BCUT2D eigenvalue weighted by molar-refractivity contribution is -0.123. The summed E-state index contributed by atoms with van der Waals surface area (Å²) in [7, 11) is 2.14. The Morgan fingerprint density at radius 3 is 2.41 bits per heavy atom. The van der Waals surface area contributed by atoms with Crippen molar-refractivity contribution in [3.8, 4) is 5.75 Å². The molecule has 1 amide bonds. The molecule has 1 aliphatic rings. The summed E-state index contributed by atoms with van der Waals surface area (Å²) < 4.78 is 5.67. The second-order valence-corrected chi connectivity index (χ2v) is 8.18. The number of carbonyl (C=O) groups is 1. The highest BCUT2D eigenvalue weighted by molar-refractivity contribution is 6.30. The van der Waals surface area contributed by atoms with Crippen LogP contribution in [0.2, 0.25) is 5.02 Å². The molecule has 5 nitrogen and oxygen atoms in total. The number of likely N-dealkylation sites (N-methyl/N-ethyl adjacent to an activating group) is 1. The van der Waals surface area contributed by atoms with Gasteiger partial charge in [0.25, 0.3) is 5.91 Å². The number of amides is 1. The van der Waals surface area contributed by atoms with Gasteiger partial charge in [0.05, 0.1) is 6.04 Å². The first-order valence-corrected chi connectivity index (χ1v) is 10.4. The van der Waals surface area contributed by atoms with Crippen molar-refractivity contribution in [1.29, 1.82) is 0 Å².